The predicted molar refractivity (Wildman–Crippen MR) is 83.3 cm³/mol. The molecule has 2 spiro atoms. The Morgan fingerprint density at radius 1 is 1.00 bits per heavy atom. The van der Waals surface area contributed by atoms with Crippen molar-refractivity contribution in [2.75, 3.05) is 6.61 Å². The smallest absolute Gasteiger partial charge is 0.333 e. The zero-order valence-corrected chi connectivity index (χ0v) is 14.4. The summed E-state index contributed by atoms with van der Waals surface area (Å²) in [5.74, 6) is -1.48. The highest BCUT2D eigenvalue weighted by Gasteiger charge is 2.65. The van der Waals surface area contributed by atoms with E-state index in [0.717, 1.165) is 38.5 Å². The Morgan fingerprint density at radius 3 is 2.20 bits per heavy atom. The second kappa shape index (κ2) is 5.50. The minimum atomic E-state index is -0.526. The summed E-state index contributed by atoms with van der Waals surface area (Å²) in [5, 5.41) is 0. The molecule has 5 fully saturated rings. The zero-order valence-electron chi connectivity index (χ0n) is 14.4. The van der Waals surface area contributed by atoms with Crippen molar-refractivity contribution < 1.29 is 33.2 Å². The molecule has 0 bridgehead atoms. The van der Waals surface area contributed by atoms with Crippen LogP contribution < -0.4 is 0 Å². The molecule has 7 nitrogen and oxygen atoms in total. The maximum Gasteiger partial charge on any atom is 0.333 e. The van der Waals surface area contributed by atoms with Crippen LogP contribution in [0.4, 0.5) is 0 Å². The van der Waals surface area contributed by atoms with Crippen molar-refractivity contribution in [1.82, 2.24) is 0 Å². The van der Waals surface area contributed by atoms with Crippen LogP contribution >= 0.6 is 0 Å². The van der Waals surface area contributed by atoms with Crippen LogP contribution in [0.3, 0.4) is 0 Å². The van der Waals surface area contributed by atoms with E-state index in [9.17, 15) is 4.79 Å². The third-order valence-corrected chi connectivity index (χ3v) is 5.93. The Kier molecular flexibility index (Phi) is 3.57. The molecule has 2 aliphatic carbocycles. The molecule has 0 unspecified atom stereocenters. The molecule has 0 amide bonds. The number of esters is 1. The van der Waals surface area contributed by atoms with E-state index in [1.165, 1.54) is 0 Å². The molecule has 0 aromatic heterocycles. The number of ether oxygens (including phenoxy) is 6. The molecule has 0 N–H and O–H groups in total. The van der Waals surface area contributed by atoms with Gasteiger partial charge in [-0.2, -0.15) is 0 Å². The quantitative estimate of drug-likeness (QED) is 0.566. The van der Waals surface area contributed by atoms with Gasteiger partial charge in [0.2, 0.25) is 0 Å². The molecular formula is C18H24O7. The largest absolute Gasteiger partial charge is 0.459 e. The van der Waals surface area contributed by atoms with Crippen LogP contribution in [-0.2, 0) is 33.2 Å². The fraction of sp³-hybridized carbons (Fsp3) is 0.833. The monoisotopic (exact) mass is 352 g/mol. The van der Waals surface area contributed by atoms with E-state index in [4.69, 9.17) is 28.4 Å². The van der Waals surface area contributed by atoms with Crippen LogP contribution in [0, 0.1) is 0 Å². The third kappa shape index (κ3) is 2.48. The highest BCUT2D eigenvalue weighted by molar-refractivity contribution is 5.86. The fourth-order valence-corrected chi connectivity index (χ4v) is 4.20. The van der Waals surface area contributed by atoms with E-state index in [2.05, 4.69) is 6.58 Å². The van der Waals surface area contributed by atoms with Crippen molar-refractivity contribution in [1.29, 1.82) is 0 Å². The lowest BCUT2D eigenvalue weighted by atomic mass is 9.91. The summed E-state index contributed by atoms with van der Waals surface area (Å²) in [4.78, 5) is 11.8. The Morgan fingerprint density at radius 2 is 1.60 bits per heavy atom. The van der Waals surface area contributed by atoms with Crippen molar-refractivity contribution >= 4 is 5.97 Å². The van der Waals surface area contributed by atoms with Gasteiger partial charge in [-0.05, 0) is 19.8 Å². The van der Waals surface area contributed by atoms with Gasteiger partial charge < -0.3 is 28.4 Å². The summed E-state index contributed by atoms with van der Waals surface area (Å²) < 4.78 is 36.2. The molecule has 25 heavy (non-hydrogen) atoms. The van der Waals surface area contributed by atoms with Crippen LogP contribution in [-0.4, -0.2) is 54.9 Å². The molecule has 0 aromatic rings. The maximum absolute atomic E-state index is 11.8. The SMILES string of the molecule is C=C(C)C(=O)OC[C@H]1O[C@H]2OC3(CCC3)O[C@H]2[C@H]2OC3(CCC3)O[C@@H]21. The van der Waals surface area contributed by atoms with Crippen molar-refractivity contribution in [3.63, 3.8) is 0 Å². The number of hydrogen-bond acceptors (Lipinski definition) is 7. The molecule has 0 radical (unpaired) electrons. The van der Waals surface area contributed by atoms with E-state index < -0.39 is 29.9 Å². The van der Waals surface area contributed by atoms with Crippen molar-refractivity contribution in [3.05, 3.63) is 12.2 Å². The second-order valence-corrected chi connectivity index (χ2v) is 7.82. The number of carbonyl (C=O) groups excluding carboxylic acids is 1. The molecule has 0 aromatic carbocycles. The van der Waals surface area contributed by atoms with Crippen molar-refractivity contribution in [3.8, 4) is 0 Å². The number of fused-ring (bicyclic) bond motifs is 3. The van der Waals surface area contributed by atoms with Crippen LogP contribution in [0.15, 0.2) is 12.2 Å². The highest BCUT2D eigenvalue weighted by atomic mass is 16.9. The molecule has 3 heterocycles. The Labute approximate surface area is 146 Å². The lowest BCUT2D eigenvalue weighted by Crippen LogP contribution is -2.56. The number of carbonyl (C=O) groups is 1. The summed E-state index contributed by atoms with van der Waals surface area (Å²) in [5.41, 5.74) is 0.359. The van der Waals surface area contributed by atoms with Gasteiger partial charge in [0.05, 0.1) is 0 Å². The van der Waals surface area contributed by atoms with E-state index in [-0.39, 0.29) is 24.9 Å². The molecule has 3 saturated heterocycles. The van der Waals surface area contributed by atoms with Gasteiger partial charge in [0.15, 0.2) is 17.9 Å². The third-order valence-electron chi connectivity index (χ3n) is 5.93. The predicted octanol–water partition coefficient (Wildman–Crippen LogP) is 1.79. The van der Waals surface area contributed by atoms with Gasteiger partial charge in [-0.15, -0.1) is 0 Å². The minimum Gasteiger partial charge on any atom is -0.459 e. The van der Waals surface area contributed by atoms with Gasteiger partial charge in [0.25, 0.3) is 0 Å². The fourth-order valence-electron chi connectivity index (χ4n) is 4.20. The maximum atomic E-state index is 11.8. The lowest BCUT2D eigenvalue weighted by molar-refractivity contribution is -0.270. The zero-order chi connectivity index (χ0) is 17.2. The highest BCUT2D eigenvalue weighted by Crippen LogP contribution is 2.53. The molecule has 138 valence electrons. The van der Waals surface area contributed by atoms with Gasteiger partial charge in [-0.25, -0.2) is 4.79 Å². The lowest BCUT2D eigenvalue weighted by Gasteiger charge is -2.37. The molecule has 2 saturated carbocycles. The first-order valence-electron chi connectivity index (χ1n) is 9.19. The van der Waals surface area contributed by atoms with Crippen LogP contribution in [0.5, 0.6) is 0 Å². The molecule has 5 atom stereocenters. The molecule has 7 heteroatoms. The first kappa shape index (κ1) is 16.2. The average molecular weight is 352 g/mol. The Bertz CT molecular complexity index is 594. The topological polar surface area (TPSA) is 72.5 Å². The van der Waals surface area contributed by atoms with Crippen molar-refractivity contribution in [2.24, 2.45) is 0 Å². The minimum absolute atomic E-state index is 0.0892. The van der Waals surface area contributed by atoms with E-state index in [0.29, 0.717) is 5.57 Å². The summed E-state index contributed by atoms with van der Waals surface area (Å²) in [7, 11) is 0. The normalized spacial score (nSPS) is 42.4. The first-order valence-corrected chi connectivity index (χ1v) is 9.19. The molecular weight excluding hydrogens is 328 g/mol. The molecule has 3 aliphatic heterocycles. The summed E-state index contributed by atoms with van der Waals surface area (Å²) >= 11 is 0. The van der Waals surface area contributed by atoms with E-state index >= 15 is 0 Å². The van der Waals surface area contributed by atoms with Gasteiger partial charge in [0, 0.05) is 31.3 Å². The van der Waals surface area contributed by atoms with E-state index in [1.54, 1.807) is 6.92 Å². The van der Waals surface area contributed by atoms with Crippen molar-refractivity contribution in [2.45, 2.75) is 87.7 Å². The van der Waals surface area contributed by atoms with E-state index in [1.807, 2.05) is 0 Å². The second-order valence-electron chi connectivity index (χ2n) is 7.82. The van der Waals surface area contributed by atoms with Gasteiger partial charge in [-0.3, -0.25) is 0 Å². The van der Waals surface area contributed by atoms with Crippen LogP contribution in [0.25, 0.3) is 0 Å². The molecule has 5 aliphatic rings. The van der Waals surface area contributed by atoms with Gasteiger partial charge >= 0.3 is 5.97 Å². The molecule has 5 rings (SSSR count). The summed E-state index contributed by atoms with van der Waals surface area (Å²) in [6, 6.07) is 0. The summed E-state index contributed by atoms with van der Waals surface area (Å²) in [6.07, 6.45) is 3.87. The number of rotatable bonds is 3. The van der Waals surface area contributed by atoms with Crippen LogP contribution in [0.2, 0.25) is 0 Å². The van der Waals surface area contributed by atoms with Gasteiger partial charge in [0.1, 0.15) is 31.0 Å². The first-order chi connectivity index (χ1) is 12.0. The standard InChI is InChI=1S/C18H24O7/c1-10(2)15(19)20-9-11-12-13(23-17(22-12)5-3-6-17)14-16(21-11)25-18(24-14)7-4-8-18/h11-14,16H,1,3-9H2,2H3/t11-,12-,13+,14+,16+/m1/s1. The average Bonchev–Trinajstić information content (AvgIpc) is 3.10. The Hall–Kier alpha value is -0.990. The Balaban J connectivity index is 1.35. The number of hydrogen-bond donors (Lipinski definition) is 0. The van der Waals surface area contributed by atoms with Gasteiger partial charge in [-0.1, -0.05) is 6.58 Å². The van der Waals surface area contributed by atoms with Crippen LogP contribution in [0.1, 0.15) is 45.4 Å². The summed E-state index contributed by atoms with van der Waals surface area (Å²) in [6.45, 7) is 5.32.